The molecule has 37 heavy (non-hydrogen) atoms. The second-order valence-electron chi connectivity index (χ2n) is 9.72. The fourth-order valence-corrected chi connectivity index (χ4v) is 6.50. The van der Waals surface area contributed by atoms with Crippen molar-refractivity contribution in [3.8, 4) is 6.07 Å². The maximum Gasteiger partial charge on any atom is 0.241 e. The van der Waals surface area contributed by atoms with Gasteiger partial charge in [-0.15, -0.1) is 0 Å². The topological polar surface area (TPSA) is 128 Å². The number of rotatable bonds is 11. The summed E-state index contributed by atoms with van der Waals surface area (Å²) in [6.45, 7) is 3.04. The molecule has 0 bridgehead atoms. The van der Waals surface area contributed by atoms with Crippen molar-refractivity contribution in [1.29, 1.82) is 5.26 Å². The van der Waals surface area contributed by atoms with E-state index >= 15 is 0 Å². The molecule has 1 atom stereocenters. The molecule has 3 aromatic rings. The lowest BCUT2D eigenvalue weighted by Gasteiger charge is -2.34. The lowest BCUT2D eigenvalue weighted by atomic mass is 9.91. The molecule has 9 nitrogen and oxygen atoms in total. The number of Topliss-reactive ketones (excluding diaryl/α,β-unsaturated/α-hetero) is 1. The molecule has 1 aromatic carbocycles. The van der Waals surface area contributed by atoms with Crippen molar-refractivity contribution in [2.45, 2.75) is 62.9 Å². The van der Waals surface area contributed by atoms with Gasteiger partial charge in [0, 0.05) is 49.4 Å². The molecule has 196 valence electrons. The number of fused-ring (bicyclic) bond motifs is 1. The summed E-state index contributed by atoms with van der Waals surface area (Å²) in [5.74, 6) is 0.404. The molecule has 3 heterocycles. The molecule has 0 aliphatic carbocycles. The van der Waals surface area contributed by atoms with Crippen molar-refractivity contribution in [1.82, 2.24) is 19.2 Å². The standard InChI is InChI=1S/C27H33N5O4S/c1-20(33)5-2-6-21-11-16-32(17-12-21)27(34)25(13-18-31-15-4-7-22(31)19-28)30-37(35,36)26-9-3-8-24-23(26)10-14-29-24/h3-4,7-10,14-15,21,25,29-30H,2,5-6,11-13,16-18H2,1H3. The molecular weight excluding hydrogens is 490 g/mol. The number of hydrogen-bond acceptors (Lipinski definition) is 5. The fourth-order valence-electron chi connectivity index (χ4n) is 5.06. The van der Waals surface area contributed by atoms with Crippen LogP contribution in [0.15, 0.2) is 53.7 Å². The number of aromatic nitrogens is 2. The van der Waals surface area contributed by atoms with Crippen molar-refractivity contribution < 1.29 is 18.0 Å². The Morgan fingerprint density at radius 1 is 1.19 bits per heavy atom. The number of ketones is 1. The summed E-state index contributed by atoms with van der Waals surface area (Å²) < 4.78 is 31.3. The van der Waals surface area contributed by atoms with Crippen LogP contribution in [0, 0.1) is 17.2 Å². The zero-order valence-electron chi connectivity index (χ0n) is 21.0. The Morgan fingerprint density at radius 2 is 1.97 bits per heavy atom. The number of H-pyrrole nitrogens is 1. The van der Waals surface area contributed by atoms with E-state index in [1.54, 1.807) is 59.1 Å². The van der Waals surface area contributed by atoms with Gasteiger partial charge < -0.3 is 19.2 Å². The molecular formula is C27H33N5O4S. The molecule has 0 saturated carbocycles. The van der Waals surface area contributed by atoms with Gasteiger partial charge in [0.05, 0.1) is 4.90 Å². The molecule has 1 saturated heterocycles. The number of likely N-dealkylation sites (tertiary alicyclic amines) is 1. The van der Waals surface area contributed by atoms with Crippen molar-refractivity contribution in [3.63, 3.8) is 0 Å². The highest BCUT2D eigenvalue weighted by molar-refractivity contribution is 7.89. The molecule has 2 N–H and O–H groups in total. The minimum atomic E-state index is -4.00. The number of nitrogens with one attached hydrogen (secondary N) is 2. The first kappa shape index (κ1) is 26.6. The van der Waals surface area contributed by atoms with E-state index in [1.807, 2.05) is 0 Å². The number of carbonyl (C=O) groups excluding carboxylic acids is 2. The number of nitriles is 1. The quantitative estimate of drug-likeness (QED) is 0.397. The Bertz CT molecular complexity index is 1390. The van der Waals surface area contributed by atoms with E-state index in [0.29, 0.717) is 48.6 Å². The third kappa shape index (κ3) is 6.48. The van der Waals surface area contributed by atoms with Crippen LogP contribution < -0.4 is 4.72 Å². The number of aromatic amines is 1. The minimum Gasteiger partial charge on any atom is -0.361 e. The van der Waals surface area contributed by atoms with Crippen LogP contribution in [0.25, 0.3) is 10.9 Å². The van der Waals surface area contributed by atoms with Gasteiger partial charge >= 0.3 is 0 Å². The van der Waals surface area contributed by atoms with E-state index < -0.39 is 16.1 Å². The Kier molecular flexibility index (Phi) is 8.46. The maximum atomic E-state index is 13.6. The van der Waals surface area contributed by atoms with Crippen LogP contribution in [-0.4, -0.2) is 53.7 Å². The SMILES string of the molecule is CC(=O)CCCC1CCN(C(=O)C(CCn2cccc2C#N)NS(=O)(=O)c2cccc3[nH]ccc23)CC1. The number of benzene rings is 1. The highest BCUT2D eigenvalue weighted by Crippen LogP contribution is 2.25. The average Bonchev–Trinajstić information content (AvgIpc) is 3.55. The zero-order valence-corrected chi connectivity index (χ0v) is 21.8. The smallest absolute Gasteiger partial charge is 0.241 e. The normalized spacial score (nSPS) is 15.5. The van der Waals surface area contributed by atoms with Gasteiger partial charge in [-0.05, 0) is 75.3 Å². The number of piperidine rings is 1. The molecule has 1 amide bonds. The van der Waals surface area contributed by atoms with Crippen LogP contribution in [0.1, 0.15) is 51.1 Å². The number of carbonyl (C=O) groups is 2. The first-order valence-corrected chi connectivity index (χ1v) is 14.2. The molecule has 2 aromatic heterocycles. The van der Waals surface area contributed by atoms with Gasteiger partial charge in [-0.1, -0.05) is 6.07 Å². The minimum absolute atomic E-state index is 0.118. The fraction of sp³-hybridized carbons (Fsp3) is 0.444. The second kappa shape index (κ2) is 11.8. The predicted molar refractivity (Wildman–Crippen MR) is 140 cm³/mol. The highest BCUT2D eigenvalue weighted by atomic mass is 32.2. The first-order chi connectivity index (χ1) is 17.8. The summed E-state index contributed by atoms with van der Waals surface area (Å²) >= 11 is 0. The van der Waals surface area contributed by atoms with Gasteiger partial charge in [-0.2, -0.15) is 9.98 Å². The van der Waals surface area contributed by atoms with E-state index in [9.17, 15) is 23.3 Å². The van der Waals surface area contributed by atoms with Crippen molar-refractivity contribution in [2.24, 2.45) is 5.92 Å². The summed E-state index contributed by atoms with van der Waals surface area (Å²) in [6, 6.07) is 11.3. The molecule has 10 heteroatoms. The maximum absolute atomic E-state index is 13.6. The number of hydrogen-bond donors (Lipinski definition) is 2. The zero-order chi connectivity index (χ0) is 26.4. The van der Waals surface area contributed by atoms with Gasteiger partial charge in [-0.3, -0.25) is 4.79 Å². The molecule has 1 aliphatic heterocycles. The van der Waals surface area contributed by atoms with E-state index in [0.717, 1.165) is 25.7 Å². The number of sulfonamides is 1. The number of amides is 1. The van der Waals surface area contributed by atoms with E-state index in [-0.39, 0.29) is 23.0 Å². The van der Waals surface area contributed by atoms with Crippen LogP contribution in [0.5, 0.6) is 0 Å². The van der Waals surface area contributed by atoms with Gasteiger partial charge in [-0.25, -0.2) is 8.42 Å². The monoisotopic (exact) mass is 523 g/mol. The summed E-state index contributed by atoms with van der Waals surface area (Å²) in [5, 5.41) is 9.90. The Morgan fingerprint density at radius 3 is 2.70 bits per heavy atom. The van der Waals surface area contributed by atoms with E-state index in [2.05, 4.69) is 15.8 Å². The van der Waals surface area contributed by atoms with Gasteiger partial charge in [0.1, 0.15) is 23.6 Å². The predicted octanol–water partition coefficient (Wildman–Crippen LogP) is 3.58. The lowest BCUT2D eigenvalue weighted by molar-refractivity contribution is -0.134. The molecule has 1 aliphatic rings. The lowest BCUT2D eigenvalue weighted by Crippen LogP contribution is -2.51. The highest BCUT2D eigenvalue weighted by Gasteiger charge is 2.32. The molecule has 0 spiro atoms. The molecule has 1 unspecified atom stereocenters. The summed E-state index contributed by atoms with van der Waals surface area (Å²) in [4.78, 5) is 29.7. The van der Waals surface area contributed by atoms with Crippen LogP contribution in [0.2, 0.25) is 0 Å². The van der Waals surface area contributed by atoms with E-state index in [4.69, 9.17) is 0 Å². The Labute approximate surface area is 217 Å². The van der Waals surface area contributed by atoms with Crippen LogP contribution in [0.4, 0.5) is 0 Å². The average molecular weight is 524 g/mol. The largest absolute Gasteiger partial charge is 0.361 e. The van der Waals surface area contributed by atoms with Crippen LogP contribution in [-0.2, 0) is 26.2 Å². The van der Waals surface area contributed by atoms with Crippen molar-refractivity contribution in [3.05, 3.63) is 54.5 Å². The Balaban J connectivity index is 1.49. The molecule has 1 fully saturated rings. The summed E-state index contributed by atoms with van der Waals surface area (Å²) in [5.41, 5.74) is 1.15. The third-order valence-electron chi connectivity index (χ3n) is 7.11. The molecule has 0 radical (unpaired) electrons. The summed E-state index contributed by atoms with van der Waals surface area (Å²) in [7, 11) is -4.00. The first-order valence-electron chi connectivity index (χ1n) is 12.7. The van der Waals surface area contributed by atoms with Crippen molar-refractivity contribution in [2.75, 3.05) is 13.1 Å². The summed E-state index contributed by atoms with van der Waals surface area (Å²) in [6.07, 6.45) is 7.72. The molecule has 4 rings (SSSR count). The van der Waals surface area contributed by atoms with Crippen molar-refractivity contribution >= 4 is 32.6 Å². The van der Waals surface area contributed by atoms with Gasteiger partial charge in [0.15, 0.2) is 0 Å². The van der Waals surface area contributed by atoms with Crippen LogP contribution in [0.3, 0.4) is 0 Å². The van der Waals surface area contributed by atoms with Gasteiger partial charge in [0.25, 0.3) is 0 Å². The Hall–Kier alpha value is -3.42. The van der Waals surface area contributed by atoms with E-state index in [1.165, 1.54) is 6.07 Å². The number of aryl methyl sites for hydroxylation is 1. The van der Waals surface area contributed by atoms with Gasteiger partial charge in [0.2, 0.25) is 15.9 Å². The second-order valence-corrected chi connectivity index (χ2v) is 11.4. The third-order valence-corrected chi connectivity index (χ3v) is 8.64. The number of nitrogens with zero attached hydrogens (tertiary/aromatic N) is 3. The van der Waals surface area contributed by atoms with Crippen LogP contribution >= 0.6 is 0 Å².